The molecule has 136 valence electrons. The molecule has 0 saturated heterocycles. The molecule has 2 aromatic rings. The number of hydrogen-bond acceptors (Lipinski definition) is 4. The van der Waals surface area contributed by atoms with Gasteiger partial charge >= 0.3 is 6.09 Å². The highest BCUT2D eigenvalue weighted by Crippen LogP contribution is 2.31. The van der Waals surface area contributed by atoms with Crippen molar-refractivity contribution in [3.63, 3.8) is 0 Å². The van der Waals surface area contributed by atoms with Crippen molar-refractivity contribution in [1.29, 1.82) is 0 Å². The van der Waals surface area contributed by atoms with E-state index in [1.165, 1.54) is 0 Å². The minimum absolute atomic E-state index is 0.00235. The molecule has 2 amide bonds. The number of carbonyl (C=O) groups excluding carboxylic acids is 2. The van der Waals surface area contributed by atoms with Crippen LogP contribution in [0.1, 0.15) is 38.3 Å². The Morgan fingerprint density at radius 3 is 2.85 bits per heavy atom. The van der Waals surface area contributed by atoms with Crippen molar-refractivity contribution < 1.29 is 14.3 Å². The second-order valence-electron chi connectivity index (χ2n) is 7.29. The summed E-state index contributed by atoms with van der Waals surface area (Å²) in [4.78, 5) is 27.7. The van der Waals surface area contributed by atoms with E-state index in [1.807, 2.05) is 51.1 Å². The summed E-state index contributed by atoms with van der Waals surface area (Å²) in [6, 6.07) is 9.91. The van der Waals surface area contributed by atoms with Gasteiger partial charge in [-0.05, 0) is 56.0 Å². The molecule has 26 heavy (non-hydrogen) atoms. The molecule has 0 unspecified atom stereocenters. The van der Waals surface area contributed by atoms with Crippen LogP contribution < -0.4 is 10.6 Å². The summed E-state index contributed by atoms with van der Waals surface area (Å²) in [7, 11) is 0. The van der Waals surface area contributed by atoms with Crippen LogP contribution in [-0.4, -0.2) is 22.6 Å². The van der Waals surface area contributed by atoms with Gasteiger partial charge in [0.2, 0.25) is 5.91 Å². The van der Waals surface area contributed by atoms with E-state index in [1.54, 1.807) is 6.20 Å². The van der Waals surface area contributed by atoms with E-state index in [4.69, 9.17) is 4.74 Å². The molecule has 0 atom stereocenters. The Morgan fingerprint density at radius 1 is 1.27 bits per heavy atom. The zero-order valence-corrected chi connectivity index (χ0v) is 15.3. The molecule has 0 radical (unpaired) electrons. The van der Waals surface area contributed by atoms with Crippen LogP contribution >= 0.6 is 0 Å². The van der Waals surface area contributed by atoms with Crippen LogP contribution in [0.25, 0.3) is 11.1 Å². The van der Waals surface area contributed by atoms with E-state index in [9.17, 15) is 9.59 Å². The quantitative estimate of drug-likeness (QED) is 0.882. The Balaban J connectivity index is 1.77. The predicted octanol–water partition coefficient (Wildman–Crippen LogP) is 3.66. The lowest BCUT2D eigenvalue weighted by Crippen LogP contribution is -2.32. The molecule has 0 spiro atoms. The van der Waals surface area contributed by atoms with Crippen LogP contribution in [0, 0.1) is 0 Å². The molecule has 6 heteroatoms. The SMILES string of the molecule is CC(C)(C)OC(=O)NCc1cccc(-c2ccnc3c2CCC(=O)N3)c1. The highest BCUT2D eigenvalue weighted by atomic mass is 16.6. The minimum atomic E-state index is -0.521. The Morgan fingerprint density at radius 2 is 2.08 bits per heavy atom. The Bertz CT molecular complexity index is 840. The third-order valence-electron chi connectivity index (χ3n) is 3.99. The third kappa shape index (κ3) is 4.39. The maximum absolute atomic E-state index is 11.8. The summed E-state index contributed by atoms with van der Waals surface area (Å²) in [5, 5.41) is 5.59. The summed E-state index contributed by atoms with van der Waals surface area (Å²) < 4.78 is 5.26. The number of aromatic nitrogens is 1. The fraction of sp³-hybridized carbons (Fsp3) is 0.350. The van der Waals surface area contributed by atoms with Crippen LogP contribution in [-0.2, 0) is 22.5 Å². The molecule has 1 aromatic carbocycles. The fourth-order valence-electron chi connectivity index (χ4n) is 2.89. The van der Waals surface area contributed by atoms with E-state index in [-0.39, 0.29) is 5.91 Å². The van der Waals surface area contributed by atoms with Crippen molar-refractivity contribution in [2.45, 2.75) is 45.8 Å². The van der Waals surface area contributed by atoms with Crippen molar-refractivity contribution in [2.24, 2.45) is 0 Å². The number of nitrogens with zero attached hydrogens (tertiary/aromatic N) is 1. The molecule has 0 aliphatic carbocycles. The smallest absolute Gasteiger partial charge is 0.407 e. The van der Waals surface area contributed by atoms with Crippen molar-refractivity contribution in [1.82, 2.24) is 10.3 Å². The monoisotopic (exact) mass is 353 g/mol. The van der Waals surface area contributed by atoms with Crippen LogP contribution in [0.5, 0.6) is 0 Å². The third-order valence-corrected chi connectivity index (χ3v) is 3.99. The van der Waals surface area contributed by atoms with Crippen molar-refractivity contribution in [2.75, 3.05) is 5.32 Å². The Kier molecular flexibility index (Phi) is 4.93. The predicted molar refractivity (Wildman–Crippen MR) is 99.7 cm³/mol. The van der Waals surface area contributed by atoms with Crippen LogP contribution in [0.3, 0.4) is 0 Å². The van der Waals surface area contributed by atoms with Gasteiger partial charge in [-0.1, -0.05) is 18.2 Å². The maximum Gasteiger partial charge on any atom is 0.407 e. The Labute approximate surface area is 153 Å². The number of alkyl carbamates (subject to hydrolysis) is 1. The van der Waals surface area contributed by atoms with Gasteiger partial charge in [-0.3, -0.25) is 4.79 Å². The number of pyridine rings is 1. The number of amides is 2. The summed E-state index contributed by atoms with van der Waals surface area (Å²) in [5.41, 5.74) is 3.58. The fourth-order valence-corrected chi connectivity index (χ4v) is 2.89. The van der Waals surface area contributed by atoms with Crippen LogP contribution in [0.15, 0.2) is 36.5 Å². The van der Waals surface area contributed by atoms with Crippen molar-refractivity contribution in [3.8, 4) is 11.1 Å². The van der Waals surface area contributed by atoms with Gasteiger partial charge in [0.1, 0.15) is 11.4 Å². The molecule has 0 saturated carbocycles. The highest BCUT2D eigenvalue weighted by molar-refractivity contribution is 5.94. The number of hydrogen-bond donors (Lipinski definition) is 2. The molecule has 1 aliphatic heterocycles. The minimum Gasteiger partial charge on any atom is -0.444 e. The number of fused-ring (bicyclic) bond motifs is 1. The van der Waals surface area contributed by atoms with Gasteiger partial charge in [-0.2, -0.15) is 0 Å². The standard InChI is InChI=1S/C20H23N3O3/c1-20(2,3)26-19(25)22-12-13-5-4-6-14(11-13)15-9-10-21-18-16(15)7-8-17(24)23-18/h4-6,9-11H,7-8,12H2,1-3H3,(H,22,25)(H,21,23,24). The molecule has 0 fully saturated rings. The van der Waals surface area contributed by atoms with Crippen molar-refractivity contribution in [3.05, 3.63) is 47.7 Å². The summed E-state index contributed by atoms with van der Waals surface area (Å²) >= 11 is 0. The van der Waals surface area contributed by atoms with E-state index < -0.39 is 11.7 Å². The van der Waals surface area contributed by atoms with Gasteiger partial charge < -0.3 is 15.4 Å². The molecule has 3 rings (SSSR count). The summed E-state index contributed by atoms with van der Waals surface area (Å²) in [6.07, 6.45) is 2.40. The molecule has 2 N–H and O–H groups in total. The molecule has 2 heterocycles. The molecule has 6 nitrogen and oxygen atoms in total. The summed E-state index contributed by atoms with van der Waals surface area (Å²) in [5.74, 6) is 0.633. The van der Waals surface area contributed by atoms with Gasteiger partial charge in [-0.25, -0.2) is 9.78 Å². The number of anilines is 1. The first-order valence-electron chi connectivity index (χ1n) is 8.66. The topological polar surface area (TPSA) is 80.3 Å². The molecule has 1 aliphatic rings. The zero-order valence-electron chi connectivity index (χ0n) is 15.3. The molecule has 1 aromatic heterocycles. The molecule has 0 bridgehead atoms. The first kappa shape index (κ1) is 17.9. The zero-order chi connectivity index (χ0) is 18.7. The molecular formula is C20H23N3O3. The van der Waals surface area contributed by atoms with E-state index in [0.717, 1.165) is 22.3 Å². The second kappa shape index (κ2) is 7.15. The number of ether oxygens (including phenoxy) is 1. The normalized spacial score (nSPS) is 13.6. The Hall–Kier alpha value is -2.89. The number of rotatable bonds is 3. The van der Waals surface area contributed by atoms with Gasteiger partial charge in [0.25, 0.3) is 0 Å². The van der Waals surface area contributed by atoms with E-state index >= 15 is 0 Å². The average Bonchev–Trinajstić information content (AvgIpc) is 2.58. The lowest BCUT2D eigenvalue weighted by Gasteiger charge is -2.20. The lowest BCUT2D eigenvalue weighted by atomic mass is 9.94. The van der Waals surface area contributed by atoms with E-state index in [0.29, 0.717) is 25.2 Å². The van der Waals surface area contributed by atoms with Crippen LogP contribution in [0.4, 0.5) is 10.6 Å². The number of nitrogens with one attached hydrogen (secondary N) is 2. The highest BCUT2D eigenvalue weighted by Gasteiger charge is 2.20. The van der Waals surface area contributed by atoms with Crippen molar-refractivity contribution >= 4 is 17.8 Å². The number of benzene rings is 1. The van der Waals surface area contributed by atoms with Crippen LogP contribution in [0.2, 0.25) is 0 Å². The van der Waals surface area contributed by atoms with E-state index in [2.05, 4.69) is 15.6 Å². The lowest BCUT2D eigenvalue weighted by molar-refractivity contribution is -0.116. The van der Waals surface area contributed by atoms with Gasteiger partial charge in [0.15, 0.2) is 0 Å². The average molecular weight is 353 g/mol. The number of carbonyl (C=O) groups is 2. The van der Waals surface area contributed by atoms with Gasteiger partial charge in [0.05, 0.1) is 0 Å². The van der Waals surface area contributed by atoms with Gasteiger partial charge in [0, 0.05) is 24.7 Å². The second-order valence-corrected chi connectivity index (χ2v) is 7.29. The largest absolute Gasteiger partial charge is 0.444 e. The first-order chi connectivity index (χ1) is 12.3. The summed E-state index contributed by atoms with van der Waals surface area (Å²) in [6.45, 7) is 5.88. The van der Waals surface area contributed by atoms with Gasteiger partial charge in [-0.15, -0.1) is 0 Å². The first-order valence-corrected chi connectivity index (χ1v) is 8.66. The molecular weight excluding hydrogens is 330 g/mol. The maximum atomic E-state index is 11.8.